The van der Waals surface area contributed by atoms with E-state index in [0.717, 1.165) is 48.3 Å². The number of piperazine rings is 1. The number of aromatic nitrogens is 1. The number of H-pyrrole nitrogens is 1. The van der Waals surface area contributed by atoms with Crippen molar-refractivity contribution in [2.24, 2.45) is 0 Å². The molecule has 0 spiro atoms. The summed E-state index contributed by atoms with van der Waals surface area (Å²) in [5, 5.41) is 6.08. The zero-order valence-corrected chi connectivity index (χ0v) is 23.9. The summed E-state index contributed by atoms with van der Waals surface area (Å²) in [4.78, 5) is 28.7. The molecule has 2 aromatic carbocycles. The molecule has 1 aromatic heterocycles. The lowest BCUT2D eigenvalue weighted by Crippen LogP contribution is -2.51. The fourth-order valence-corrected chi connectivity index (χ4v) is 5.83. The van der Waals surface area contributed by atoms with Crippen LogP contribution in [0.15, 0.2) is 48.5 Å². The second-order valence-electron chi connectivity index (χ2n) is 11.2. The third kappa shape index (κ3) is 6.64. The fraction of sp³-hybridized carbons (Fsp3) is 0.516. The van der Waals surface area contributed by atoms with E-state index in [1.54, 1.807) is 7.05 Å². The molecule has 2 aliphatic rings. The number of anilines is 1. The third-order valence-electron chi connectivity index (χ3n) is 8.44. The largest absolute Gasteiger partial charge is 0.371 e. The van der Waals surface area contributed by atoms with Gasteiger partial charge in [0.05, 0.1) is 7.11 Å². The SMILES string of the molecule is CON(C)C(=O)c1ccc2[nH]c(-c3cccc(N4CCC(NCCN5CCN(C(C)C)CC5)CC4)c3)cc2c1. The summed E-state index contributed by atoms with van der Waals surface area (Å²) < 4.78 is 0. The van der Waals surface area contributed by atoms with Gasteiger partial charge >= 0.3 is 0 Å². The maximum absolute atomic E-state index is 12.5. The van der Waals surface area contributed by atoms with Gasteiger partial charge in [0.2, 0.25) is 0 Å². The Morgan fingerprint density at radius 3 is 2.54 bits per heavy atom. The third-order valence-corrected chi connectivity index (χ3v) is 8.44. The molecule has 5 rings (SSSR count). The van der Waals surface area contributed by atoms with Gasteiger partial charge in [-0.15, -0.1) is 0 Å². The van der Waals surface area contributed by atoms with Crippen molar-refractivity contribution in [3.05, 3.63) is 54.1 Å². The molecule has 0 bridgehead atoms. The van der Waals surface area contributed by atoms with Crippen LogP contribution in [0.3, 0.4) is 0 Å². The van der Waals surface area contributed by atoms with Crippen molar-refractivity contribution in [1.29, 1.82) is 0 Å². The molecular weight excluding hydrogens is 488 g/mol. The molecule has 1 amide bonds. The first-order valence-electron chi connectivity index (χ1n) is 14.4. The van der Waals surface area contributed by atoms with Crippen molar-refractivity contribution in [1.82, 2.24) is 25.2 Å². The predicted octanol–water partition coefficient (Wildman–Crippen LogP) is 4.05. The average Bonchev–Trinajstić information content (AvgIpc) is 3.41. The van der Waals surface area contributed by atoms with E-state index in [1.807, 2.05) is 18.2 Å². The van der Waals surface area contributed by atoms with Crippen LogP contribution < -0.4 is 10.2 Å². The van der Waals surface area contributed by atoms with E-state index in [0.29, 0.717) is 17.6 Å². The second-order valence-corrected chi connectivity index (χ2v) is 11.2. The van der Waals surface area contributed by atoms with Gasteiger partial charge in [-0.05, 0) is 68.7 Å². The van der Waals surface area contributed by atoms with Gasteiger partial charge in [0.15, 0.2) is 0 Å². The molecule has 0 radical (unpaired) electrons. The summed E-state index contributed by atoms with van der Waals surface area (Å²) in [6, 6.07) is 17.9. The Balaban J connectivity index is 1.14. The fourth-order valence-electron chi connectivity index (χ4n) is 5.83. The minimum absolute atomic E-state index is 0.161. The predicted molar refractivity (Wildman–Crippen MR) is 159 cm³/mol. The van der Waals surface area contributed by atoms with Crippen molar-refractivity contribution in [3.8, 4) is 11.3 Å². The highest BCUT2D eigenvalue weighted by molar-refractivity contribution is 5.98. The maximum Gasteiger partial charge on any atom is 0.277 e. The number of nitrogens with one attached hydrogen (secondary N) is 2. The standard InChI is InChI=1S/C31H44N6O2/c1-23(2)36-18-16-35(17-19-36)15-12-32-27-10-13-37(14-11-27)28-7-5-6-24(21-28)30-22-26-20-25(8-9-29(26)33-30)31(38)34(3)39-4/h5-9,20-23,27,32-33H,10-19H2,1-4H3. The molecule has 8 heteroatoms. The Bertz CT molecular complexity index is 1240. The van der Waals surface area contributed by atoms with Gasteiger partial charge < -0.3 is 15.2 Å². The number of hydroxylamine groups is 2. The molecule has 0 atom stereocenters. The zero-order valence-electron chi connectivity index (χ0n) is 23.9. The van der Waals surface area contributed by atoms with Gasteiger partial charge in [-0.3, -0.25) is 19.4 Å². The van der Waals surface area contributed by atoms with E-state index in [-0.39, 0.29) is 5.91 Å². The summed E-state index contributed by atoms with van der Waals surface area (Å²) in [6.07, 6.45) is 2.34. The molecule has 2 N–H and O–H groups in total. The minimum atomic E-state index is -0.161. The van der Waals surface area contributed by atoms with Crippen molar-refractivity contribution in [2.75, 3.05) is 71.4 Å². The van der Waals surface area contributed by atoms with Gasteiger partial charge in [-0.2, -0.15) is 0 Å². The zero-order chi connectivity index (χ0) is 27.4. The summed E-state index contributed by atoms with van der Waals surface area (Å²) >= 11 is 0. The number of rotatable bonds is 9. The molecule has 8 nitrogen and oxygen atoms in total. The minimum Gasteiger partial charge on any atom is -0.371 e. The number of aromatic amines is 1. The highest BCUT2D eigenvalue weighted by atomic mass is 16.7. The molecule has 2 aliphatic heterocycles. The lowest BCUT2D eigenvalue weighted by atomic mass is 10.0. The van der Waals surface area contributed by atoms with Crippen LogP contribution in [-0.2, 0) is 4.84 Å². The molecule has 0 saturated carbocycles. The molecule has 2 saturated heterocycles. The lowest BCUT2D eigenvalue weighted by molar-refractivity contribution is -0.0756. The number of amides is 1. The molecule has 0 unspecified atom stereocenters. The van der Waals surface area contributed by atoms with Gasteiger partial charge in [-0.25, -0.2) is 5.06 Å². The number of hydrogen-bond donors (Lipinski definition) is 2. The maximum atomic E-state index is 12.5. The molecule has 3 heterocycles. The topological polar surface area (TPSA) is 67.1 Å². The van der Waals surface area contributed by atoms with Crippen molar-refractivity contribution in [3.63, 3.8) is 0 Å². The average molecular weight is 533 g/mol. The number of nitrogens with zero attached hydrogens (tertiary/aromatic N) is 4. The smallest absolute Gasteiger partial charge is 0.277 e. The lowest BCUT2D eigenvalue weighted by Gasteiger charge is -2.37. The second kappa shape index (κ2) is 12.5. The number of hydrogen-bond acceptors (Lipinski definition) is 6. The van der Waals surface area contributed by atoms with Gasteiger partial charge in [0.25, 0.3) is 5.91 Å². The van der Waals surface area contributed by atoms with Crippen LogP contribution in [0.4, 0.5) is 5.69 Å². The van der Waals surface area contributed by atoms with Crippen LogP contribution in [0.1, 0.15) is 37.0 Å². The summed E-state index contributed by atoms with van der Waals surface area (Å²) in [7, 11) is 3.11. The van der Waals surface area contributed by atoms with E-state index in [2.05, 4.69) is 69.2 Å². The Labute approximate surface area is 232 Å². The summed E-state index contributed by atoms with van der Waals surface area (Å²) in [5.74, 6) is -0.161. The monoisotopic (exact) mass is 532 g/mol. The molecule has 39 heavy (non-hydrogen) atoms. The molecule has 210 valence electrons. The first kappa shape index (κ1) is 27.6. The Kier molecular flexibility index (Phi) is 8.87. The van der Waals surface area contributed by atoms with E-state index in [4.69, 9.17) is 4.84 Å². The number of fused-ring (bicyclic) bond motifs is 1. The Morgan fingerprint density at radius 2 is 1.82 bits per heavy atom. The van der Waals surface area contributed by atoms with Crippen molar-refractivity contribution >= 4 is 22.5 Å². The summed E-state index contributed by atoms with van der Waals surface area (Å²) in [6.45, 7) is 13.7. The number of piperidine rings is 1. The summed E-state index contributed by atoms with van der Waals surface area (Å²) in [5.41, 5.74) is 5.10. The van der Waals surface area contributed by atoms with Crippen LogP contribution in [0.25, 0.3) is 22.2 Å². The highest BCUT2D eigenvalue weighted by Gasteiger charge is 2.21. The van der Waals surface area contributed by atoms with Crippen LogP contribution >= 0.6 is 0 Å². The van der Waals surface area contributed by atoms with E-state index in [9.17, 15) is 4.79 Å². The van der Waals surface area contributed by atoms with Crippen molar-refractivity contribution < 1.29 is 9.63 Å². The Morgan fingerprint density at radius 1 is 1.05 bits per heavy atom. The number of carbonyl (C=O) groups excluding carboxylic acids is 1. The molecule has 2 fully saturated rings. The highest BCUT2D eigenvalue weighted by Crippen LogP contribution is 2.29. The van der Waals surface area contributed by atoms with E-state index >= 15 is 0 Å². The van der Waals surface area contributed by atoms with Crippen LogP contribution in [-0.4, -0.2) is 104 Å². The van der Waals surface area contributed by atoms with Gasteiger partial charge in [0, 0.05) is 99.3 Å². The molecular formula is C31H44N6O2. The molecule has 3 aromatic rings. The normalized spacial score (nSPS) is 17.8. The van der Waals surface area contributed by atoms with Gasteiger partial charge in [0.1, 0.15) is 0 Å². The number of benzene rings is 2. The molecule has 0 aliphatic carbocycles. The van der Waals surface area contributed by atoms with Gasteiger partial charge in [-0.1, -0.05) is 12.1 Å². The van der Waals surface area contributed by atoms with E-state index in [1.165, 1.54) is 56.9 Å². The van der Waals surface area contributed by atoms with Crippen molar-refractivity contribution in [2.45, 2.75) is 38.8 Å². The first-order valence-corrected chi connectivity index (χ1v) is 14.4. The van der Waals surface area contributed by atoms with Crippen LogP contribution in [0, 0.1) is 0 Å². The van der Waals surface area contributed by atoms with Crippen LogP contribution in [0.2, 0.25) is 0 Å². The van der Waals surface area contributed by atoms with E-state index < -0.39 is 0 Å². The van der Waals surface area contributed by atoms with Crippen LogP contribution in [0.5, 0.6) is 0 Å². The number of carbonyl (C=O) groups is 1. The first-order chi connectivity index (χ1) is 18.9. The quantitative estimate of drug-likeness (QED) is 0.406. The Hall–Kier alpha value is -2.91.